The molecule has 10 heavy (non-hydrogen) atoms. The summed E-state index contributed by atoms with van der Waals surface area (Å²) in [6, 6.07) is 0. The smallest absolute Gasteiger partial charge is 0.146 e. The number of anilines is 1. The Labute approximate surface area is 68.2 Å². The maximum Gasteiger partial charge on any atom is 0.146 e. The summed E-state index contributed by atoms with van der Waals surface area (Å²) in [7, 11) is 3.86. The van der Waals surface area contributed by atoms with Gasteiger partial charge in [0.1, 0.15) is 10.4 Å². The first-order valence-corrected chi connectivity index (χ1v) is 3.64. The fourth-order valence-electron chi connectivity index (χ4n) is 0.536. The summed E-state index contributed by atoms with van der Waals surface area (Å²) >= 11 is 3.20. The molecule has 0 amide bonds. The van der Waals surface area contributed by atoms with E-state index in [-0.39, 0.29) is 0 Å². The zero-order chi connectivity index (χ0) is 7.56. The van der Waals surface area contributed by atoms with Crippen molar-refractivity contribution in [2.75, 3.05) is 19.0 Å². The molecule has 1 aromatic rings. The molecule has 4 heteroatoms. The summed E-state index contributed by atoms with van der Waals surface area (Å²) in [5.74, 6) is 0.864. The lowest BCUT2D eigenvalue weighted by Gasteiger charge is -2.08. The van der Waals surface area contributed by atoms with Crippen molar-refractivity contribution < 1.29 is 0 Å². The molecular weight excluding hydrogens is 194 g/mol. The number of halogens is 1. The summed E-state index contributed by atoms with van der Waals surface area (Å²) in [5, 5.41) is 0. The van der Waals surface area contributed by atoms with Gasteiger partial charge in [-0.05, 0) is 15.9 Å². The molecule has 0 radical (unpaired) electrons. The average Bonchev–Trinajstić information content (AvgIpc) is 1.88. The summed E-state index contributed by atoms with van der Waals surface area (Å²) < 4.78 is 0.762. The van der Waals surface area contributed by atoms with Gasteiger partial charge < -0.3 is 4.90 Å². The molecule has 0 aliphatic carbocycles. The van der Waals surface area contributed by atoms with Gasteiger partial charge >= 0.3 is 0 Å². The fraction of sp³-hybridized carbons (Fsp3) is 0.333. The maximum atomic E-state index is 4.09. The van der Waals surface area contributed by atoms with E-state index in [1.54, 1.807) is 12.4 Å². The third kappa shape index (κ3) is 1.67. The van der Waals surface area contributed by atoms with Crippen LogP contribution in [0.2, 0.25) is 0 Å². The van der Waals surface area contributed by atoms with Crippen molar-refractivity contribution in [2.24, 2.45) is 0 Å². The van der Waals surface area contributed by atoms with E-state index in [1.165, 1.54) is 0 Å². The zero-order valence-corrected chi connectivity index (χ0v) is 7.46. The van der Waals surface area contributed by atoms with Crippen LogP contribution in [0.25, 0.3) is 0 Å². The van der Waals surface area contributed by atoms with Crippen LogP contribution in [-0.2, 0) is 0 Å². The highest BCUT2D eigenvalue weighted by atomic mass is 79.9. The van der Waals surface area contributed by atoms with Gasteiger partial charge in [0.25, 0.3) is 0 Å². The number of rotatable bonds is 1. The Bertz CT molecular complexity index is 207. The van der Waals surface area contributed by atoms with Crippen LogP contribution in [0.1, 0.15) is 0 Å². The fourth-order valence-corrected chi connectivity index (χ4v) is 0.741. The van der Waals surface area contributed by atoms with E-state index in [9.17, 15) is 0 Å². The van der Waals surface area contributed by atoms with Crippen LogP contribution in [0.4, 0.5) is 5.82 Å². The molecule has 0 atom stereocenters. The van der Waals surface area contributed by atoms with Crippen LogP contribution < -0.4 is 4.90 Å². The largest absolute Gasteiger partial charge is 0.361 e. The topological polar surface area (TPSA) is 29.0 Å². The predicted octanol–water partition coefficient (Wildman–Crippen LogP) is 1.31. The van der Waals surface area contributed by atoms with E-state index in [2.05, 4.69) is 25.9 Å². The van der Waals surface area contributed by atoms with Gasteiger partial charge in [-0.25, -0.2) is 9.97 Å². The van der Waals surface area contributed by atoms with Gasteiger partial charge in [0.15, 0.2) is 0 Å². The minimum absolute atomic E-state index is 0.762. The molecular formula is C6H8BrN3. The van der Waals surface area contributed by atoms with Crippen molar-refractivity contribution in [3.8, 4) is 0 Å². The molecule has 0 saturated carbocycles. The Kier molecular flexibility index (Phi) is 2.21. The molecule has 1 aromatic heterocycles. The molecule has 0 saturated heterocycles. The van der Waals surface area contributed by atoms with Crippen LogP contribution in [0.3, 0.4) is 0 Å². The van der Waals surface area contributed by atoms with Crippen molar-refractivity contribution in [1.82, 2.24) is 9.97 Å². The second-order valence-electron chi connectivity index (χ2n) is 2.09. The van der Waals surface area contributed by atoms with Crippen LogP contribution in [-0.4, -0.2) is 24.1 Å². The van der Waals surface area contributed by atoms with E-state index in [0.29, 0.717) is 0 Å². The number of aromatic nitrogens is 2. The molecule has 0 fully saturated rings. The van der Waals surface area contributed by atoms with Crippen LogP contribution in [0, 0.1) is 0 Å². The quantitative estimate of drug-likeness (QED) is 0.687. The van der Waals surface area contributed by atoms with Crippen LogP contribution in [0.15, 0.2) is 17.0 Å². The van der Waals surface area contributed by atoms with Gasteiger partial charge in [-0.2, -0.15) is 0 Å². The standard InChI is InChI=1S/C6H8BrN3/c1-10(2)6-4-8-5(7)3-9-6/h3-4H,1-2H3. The summed E-state index contributed by atoms with van der Waals surface area (Å²) in [5.41, 5.74) is 0. The first kappa shape index (κ1) is 7.47. The lowest BCUT2D eigenvalue weighted by atomic mass is 10.6. The second-order valence-corrected chi connectivity index (χ2v) is 2.90. The Morgan fingerprint density at radius 1 is 1.30 bits per heavy atom. The highest BCUT2D eigenvalue weighted by Crippen LogP contribution is 2.07. The highest BCUT2D eigenvalue weighted by Gasteiger charge is 1.94. The van der Waals surface area contributed by atoms with Gasteiger partial charge in [0, 0.05) is 14.1 Å². The molecule has 0 aliphatic rings. The van der Waals surface area contributed by atoms with Crippen molar-refractivity contribution in [3.63, 3.8) is 0 Å². The van der Waals surface area contributed by atoms with E-state index in [0.717, 1.165) is 10.4 Å². The number of hydrogen-bond donors (Lipinski definition) is 0. The summed E-state index contributed by atoms with van der Waals surface area (Å²) in [4.78, 5) is 10.0. The molecule has 0 unspecified atom stereocenters. The molecule has 0 aromatic carbocycles. The minimum atomic E-state index is 0.762. The van der Waals surface area contributed by atoms with Gasteiger partial charge in [0.05, 0.1) is 12.4 Å². The van der Waals surface area contributed by atoms with Crippen LogP contribution >= 0.6 is 15.9 Å². The van der Waals surface area contributed by atoms with Crippen molar-refractivity contribution in [2.45, 2.75) is 0 Å². The van der Waals surface area contributed by atoms with E-state index in [1.807, 2.05) is 19.0 Å². The number of nitrogens with zero attached hydrogens (tertiary/aromatic N) is 3. The average molecular weight is 202 g/mol. The molecule has 0 N–H and O–H groups in total. The molecule has 1 heterocycles. The Hall–Kier alpha value is -0.640. The van der Waals surface area contributed by atoms with Gasteiger partial charge in [-0.15, -0.1) is 0 Å². The lowest BCUT2D eigenvalue weighted by Crippen LogP contribution is -2.10. The predicted molar refractivity (Wildman–Crippen MR) is 44.1 cm³/mol. The SMILES string of the molecule is CN(C)c1cnc(Br)cn1. The van der Waals surface area contributed by atoms with E-state index in [4.69, 9.17) is 0 Å². The summed E-state index contributed by atoms with van der Waals surface area (Å²) in [6.45, 7) is 0. The van der Waals surface area contributed by atoms with E-state index < -0.39 is 0 Å². The van der Waals surface area contributed by atoms with E-state index >= 15 is 0 Å². The minimum Gasteiger partial charge on any atom is -0.361 e. The Balaban J connectivity index is 2.89. The monoisotopic (exact) mass is 201 g/mol. The van der Waals surface area contributed by atoms with Gasteiger partial charge in [-0.3, -0.25) is 0 Å². The molecule has 54 valence electrons. The molecule has 3 nitrogen and oxygen atoms in total. The second kappa shape index (κ2) is 2.96. The van der Waals surface area contributed by atoms with Crippen molar-refractivity contribution in [3.05, 3.63) is 17.0 Å². The van der Waals surface area contributed by atoms with Crippen LogP contribution in [0.5, 0.6) is 0 Å². The zero-order valence-electron chi connectivity index (χ0n) is 5.87. The normalized spacial score (nSPS) is 9.50. The third-order valence-electron chi connectivity index (χ3n) is 1.06. The molecule has 1 rings (SSSR count). The highest BCUT2D eigenvalue weighted by molar-refractivity contribution is 9.10. The Morgan fingerprint density at radius 3 is 2.40 bits per heavy atom. The van der Waals surface area contributed by atoms with Crippen molar-refractivity contribution >= 4 is 21.7 Å². The molecule has 0 spiro atoms. The lowest BCUT2D eigenvalue weighted by molar-refractivity contribution is 1.03. The first-order valence-electron chi connectivity index (χ1n) is 2.85. The first-order chi connectivity index (χ1) is 4.70. The number of hydrogen-bond acceptors (Lipinski definition) is 3. The molecule has 0 bridgehead atoms. The Morgan fingerprint density at radius 2 is 2.00 bits per heavy atom. The van der Waals surface area contributed by atoms with Crippen molar-refractivity contribution in [1.29, 1.82) is 0 Å². The third-order valence-corrected chi connectivity index (χ3v) is 1.47. The van der Waals surface area contributed by atoms with Gasteiger partial charge in [0.2, 0.25) is 0 Å². The maximum absolute atomic E-state index is 4.09. The summed E-state index contributed by atoms with van der Waals surface area (Å²) in [6.07, 6.45) is 3.39. The van der Waals surface area contributed by atoms with Gasteiger partial charge in [-0.1, -0.05) is 0 Å². The molecule has 0 aliphatic heterocycles.